The molecule has 0 saturated carbocycles. The SMILES string of the molecule is CCOC(=O)c1ccc(N2NC(=O)/C(=C/c3ccc(O)cc3)C2=O)cc1. The average molecular weight is 352 g/mol. The third-order valence-corrected chi connectivity index (χ3v) is 3.73. The number of nitrogens with zero attached hydrogens (tertiary/aromatic N) is 1. The molecule has 26 heavy (non-hydrogen) atoms. The van der Waals surface area contributed by atoms with Crippen molar-refractivity contribution in [3.05, 3.63) is 65.2 Å². The number of nitrogens with one attached hydrogen (secondary N) is 1. The molecule has 0 aliphatic carbocycles. The lowest BCUT2D eigenvalue weighted by Gasteiger charge is -2.14. The number of phenolic OH excluding ortho intramolecular Hbond substituents is 1. The van der Waals surface area contributed by atoms with E-state index in [-0.39, 0.29) is 17.9 Å². The zero-order valence-electron chi connectivity index (χ0n) is 13.9. The molecule has 1 heterocycles. The van der Waals surface area contributed by atoms with E-state index in [1.807, 2.05) is 0 Å². The first kappa shape index (κ1) is 17.2. The number of phenols is 1. The number of esters is 1. The Balaban J connectivity index is 1.82. The van der Waals surface area contributed by atoms with Gasteiger partial charge >= 0.3 is 5.97 Å². The van der Waals surface area contributed by atoms with Crippen LogP contribution in [0.25, 0.3) is 6.08 Å². The van der Waals surface area contributed by atoms with E-state index in [4.69, 9.17) is 4.74 Å². The molecule has 2 aromatic rings. The van der Waals surface area contributed by atoms with Crippen LogP contribution in [0.4, 0.5) is 5.69 Å². The monoisotopic (exact) mass is 352 g/mol. The number of anilines is 1. The van der Waals surface area contributed by atoms with Crippen LogP contribution in [0, 0.1) is 0 Å². The minimum Gasteiger partial charge on any atom is -0.508 e. The molecule has 0 unspecified atom stereocenters. The maximum Gasteiger partial charge on any atom is 0.338 e. The molecule has 2 aromatic carbocycles. The minimum absolute atomic E-state index is 0.0230. The highest BCUT2D eigenvalue weighted by Gasteiger charge is 2.34. The van der Waals surface area contributed by atoms with Gasteiger partial charge in [-0.1, -0.05) is 12.1 Å². The number of carbonyl (C=O) groups is 3. The van der Waals surface area contributed by atoms with Gasteiger partial charge in [0.15, 0.2) is 0 Å². The fraction of sp³-hybridized carbons (Fsp3) is 0.105. The molecule has 0 aromatic heterocycles. The lowest BCUT2D eigenvalue weighted by Crippen LogP contribution is -2.35. The fourth-order valence-corrected chi connectivity index (χ4v) is 2.44. The van der Waals surface area contributed by atoms with E-state index in [1.165, 1.54) is 30.3 Å². The Morgan fingerprint density at radius 2 is 1.77 bits per heavy atom. The molecule has 1 fully saturated rings. The molecule has 1 aliphatic heterocycles. The second-order valence-electron chi connectivity index (χ2n) is 5.50. The lowest BCUT2D eigenvalue weighted by atomic mass is 10.1. The first-order valence-corrected chi connectivity index (χ1v) is 7.93. The molecule has 0 spiro atoms. The van der Waals surface area contributed by atoms with Crippen LogP contribution in [-0.4, -0.2) is 29.5 Å². The number of carbonyl (C=O) groups excluding carboxylic acids is 3. The van der Waals surface area contributed by atoms with Crippen LogP contribution in [0.2, 0.25) is 0 Å². The van der Waals surface area contributed by atoms with E-state index >= 15 is 0 Å². The summed E-state index contributed by atoms with van der Waals surface area (Å²) in [7, 11) is 0. The van der Waals surface area contributed by atoms with Crippen molar-refractivity contribution in [2.75, 3.05) is 11.6 Å². The Bertz CT molecular complexity index is 885. The number of aromatic hydroxyl groups is 1. The summed E-state index contributed by atoms with van der Waals surface area (Å²) in [5.74, 6) is -1.40. The molecule has 0 radical (unpaired) electrons. The minimum atomic E-state index is -0.530. The van der Waals surface area contributed by atoms with Crippen LogP contribution < -0.4 is 10.4 Å². The Morgan fingerprint density at radius 3 is 2.38 bits per heavy atom. The summed E-state index contributed by atoms with van der Waals surface area (Å²) in [5.41, 5.74) is 3.85. The number of hydrogen-bond acceptors (Lipinski definition) is 5. The summed E-state index contributed by atoms with van der Waals surface area (Å²) in [6, 6.07) is 12.3. The van der Waals surface area contributed by atoms with Gasteiger partial charge in [0.25, 0.3) is 11.8 Å². The van der Waals surface area contributed by atoms with E-state index in [2.05, 4.69) is 5.43 Å². The van der Waals surface area contributed by atoms with Gasteiger partial charge in [-0.15, -0.1) is 0 Å². The molecule has 1 aliphatic rings. The third-order valence-electron chi connectivity index (χ3n) is 3.73. The highest BCUT2D eigenvalue weighted by molar-refractivity contribution is 6.31. The van der Waals surface area contributed by atoms with Crippen molar-refractivity contribution in [1.29, 1.82) is 0 Å². The van der Waals surface area contributed by atoms with E-state index in [9.17, 15) is 19.5 Å². The van der Waals surface area contributed by atoms with Gasteiger partial charge in [-0.25, -0.2) is 9.80 Å². The molecule has 7 nitrogen and oxygen atoms in total. The van der Waals surface area contributed by atoms with Crippen molar-refractivity contribution < 1.29 is 24.2 Å². The van der Waals surface area contributed by atoms with Gasteiger partial charge in [-0.2, -0.15) is 0 Å². The van der Waals surface area contributed by atoms with Crippen LogP contribution in [-0.2, 0) is 14.3 Å². The first-order chi connectivity index (χ1) is 12.5. The van der Waals surface area contributed by atoms with Crippen molar-refractivity contribution in [1.82, 2.24) is 5.43 Å². The first-order valence-electron chi connectivity index (χ1n) is 7.93. The number of amides is 2. The lowest BCUT2D eigenvalue weighted by molar-refractivity contribution is -0.117. The second kappa shape index (κ2) is 7.10. The standard InChI is InChI=1S/C19H16N2O5/c1-2-26-19(25)13-5-7-14(8-6-13)21-18(24)16(17(23)20-21)11-12-3-9-15(22)10-4-12/h3-11,22H,2H2,1H3,(H,20,23)/b16-11-. The van der Waals surface area contributed by atoms with Crippen molar-refractivity contribution >= 4 is 29.5 Å². The predicted octanol–water partition coefficient (Wildman–Crippen LogP) is 2.03. The molecule has 132 valence electrons. The Kier molecular flexibility index (Phi) is 4.70. The third kappa shape index (κ3) is 3.41. The molecule has 0 atom stereocenters. The second-order valence-corrected chi connectivity index (χ2v) is 5.50. The van der Waals surface area contributed by atoms with Gasteiger partial charge in [0, 0.05) is 0 Å². The summed E-state index contributed by atoms with van der Waals surface area (Å²) in [4.78, 5) is 36.4. The maximum absolute atomic E-state index is 12.5. The van der Waals surface area contributed by atoms with E-state index in [1.54, 1.807) is 31.2 Å². The summed E-state index contributed by atoms with van der Waals surface area (Å²) < 4.78 is 4.91. The molecular formula is C19H16N2O5. The van der Waals surface area contributed by atoms with E-state index in [0.29, 0.717) is 16.8 Å². The number of hydrogen-bond donors (Lipinski definition) is 2. The summed E-state index contributed by atoms with van der Waals surface area (Å²) in [6.07, 6.45) is 1.45. The quantitative estimate of drug-likeness (QED) is 0.499. The highest BCUT2D eigenvalue weighted by atomic mass is 16.5. The summed E-state index contributed by atoms with van der Waals surface area (Å²) in [5, 5.41) is 10.4. The van der Waals surface area contributed by atoms with Crippen LogP contribution >= 0.6 is 0 Å². The zero-order chi connectivity index (χ0) is 18.7. The zero-order valence-corrected chi connectivity index (χ0v) is 13.9. The van der Waals surface area contributed by atoms with Gasteiger partial charge in [0.1, 0.15) is 11.3 Å². The van der Waals surface area contributed by atoms with Gasteiger partial charge < -0.3 is 9.84 Å². The average Bonchev–Trinajstić information content (AvgIpc) is 2.92. The predicted molar refractivity (Wildman–Crippen MR) is 94.1 cm³/mol. The summed E-state index contributed by atoms with van der Waals surface area (Å²) in [6.45, 7) is 1.99. The van der Waals surface area contributed by atoms with Crippen molar-refractivity contribution in [3.63, 3.8) is 0 Å². The number of hydrazine groups is 1. The molecule has 7 heteroatoms. The largest absolute Gasteiger partial charge is 0.508 e. The Morgan fingerprint density at radius 1 is 1.12 bits per heavy atom. The fourth-order valence-electron chi connectivity index (χ4n) is 2.44. The van der Waals surface area contributed by atoms with E-state index < -0.39 is 17.8 Å². The molecule has 2 amide bonds. The smallest absolute Gasteiger partial charge is 0.338 e. The molecule has 2 N–H and O–H groups in total. The Labute approximate surface area is 149 Å². The molecular weight excluding hydrogens is 336 g/mol. The van der Waals surface area contributed by atoms with Crippen LogP contribution in [0.5, 0.6) is 5.75 Å². The van der Waals surface area contributed by atoms with Crippen LogP contribution in [0.3, 0.4) is 0 Å². The number of benzene rings is 2. The highest BCUT2D eigenvalue weighted by Crippen LogP contribution is 2.22. The van der Waals surface area contributed by atoms with Crippen molar-refractivity contribution in [3.8, 4) is 5.75 Å². The molecule has 0 bridgehead atoms. The maximum atomic E-state index is 12.5. The summed E-state index contributed by atoms with van der Waals surface area (Å²) >= 11 is 0. The van der Waals surface area contributed by atoms with Crippen LogP contribution in [0.1, 0.15) is 22.8 Å². The van der Waals surface area contributed by atoms with Gasteiger partial charge in [-0.3, -0.25) is 15.0 Å². The number of rotatable bonds is 4. The van der Waals surface area contributed by atoms with Gasteiger partial charge in [-0.05, 0) is 55.0 Å². The van der Waals surface area contributed by atoms with Gasteiger partial charge in [0.2, 0.25) is 0 Å². The van der Waals surface area contributed by atoms with Crippen molar-refractivity contribution in [2.24, 2.45) is 0 Å². The molecule has 3 rings (SSSR count). The normalized spacial score (nSPS) is 15.3. The van der Waals surface area contributed by atoms with Crippen molar-refractivity contribution in [2.45, 2.75) is 6.92 Å². The number of ether oxygens (including phenoxy) is 1. The van der Waals surface area contributed by atoms with Crippen LogP contribution in [0.15, 0.2) is 54.1 Å². The Hall–Kier alpha value is -3.61. The van der Waals surface area contributed by atoms with Gasteiger partial charge in [0.05, 0.1) is 17.9 Å². The molecule has 1 saturated heterocycles. The topological polar surface area (TPSA) is 95.9 Å². The van der Waals surface area contributed by atoms with E-state index in [0.717, 1.165) is 5.01 Å².